The van der Waals surface area contributed by atoms with Gasteiger partial charge in [0.25, 0.3) is 5.91 Å². The van der Waals surface area contributed by atoms with E-state index in [2.05, 4.69) is 5.32 Å². The van der Waals surface area contributed by atoms with Crippen molar-refractivity contribution >= 4 is 17.7 Å². The smallest absolute Gasteiger partial charge is 0.266 e. The first kappa shape index (κ1) is 16.4. The largest absolute Gasteiger partial charge is 0.497 e. The number of methoxy groups -OCH3 is 1. The monoisotopic (exact) mass is 309 g/mol. The van der Waals surface area contributed by atoms with Crippen molar-refractivity contribution in [3.63, 3.8) is 0 Å². The van der Waals surface area contributed by atoms with E-state index in [9.17, 15) is 10.1 Å². The molecule has 0 aliphatic rings. The van der Waals surface area contributed by atoms with Crippen LogP contribution in [0.2, 0.25) is 0 Å². The fourth-order valence-electron chi connectivity index (χ4n) is 2.23. The summed E-state index contributed by atoms with van der Waals surface area (Å²) in [6, 6.07) is 10.9. The first-order valence-corrected chi connectivity index (χ1v) is 7.16. The molecular formula is C18H19N3O2. The summed E-state index contributed by atoms with van der Waals surface area (Å²) in [4.78, 5) is 12.3. The number of benzene rings is 1. The number of nitrogens with one attached hydrogen (secondary N) is 1. The Morgan fingerprint density at radius 3 is 2.65 bits per heavy atom. The molecule has 1 amide bonds. The van der Waals surface area contributed by atoms with E-state index in [0.29, 0.717) is 11.4 Å². The molecule has 1 heterocycles. The number of rotatable bonds is 4. The molecule has 5 heteroatoms. The highest BCUT2D eigenvalue weighted by Gasteiger charge is 2.12. The number of nitriles is 1. The van der Waals surface area contributed by atoms with Gasteiger partial charge < -0.3 is 14.6 Å². The molecule has 0 spiro atoms. The lowest BCUT2D eigenvalue weighted by Crippen LogP contribution is -2.13. The SMILES string of the molecule is COc1cccc(NC(=O)C(C#N)=Cc2cc(C)n(C)c2C)c1. The molecule has 0 bridgehead atoms. The highest BCUT2D eigenvalue weighted by molar-refractivity contribution is 6.09. The average molecular weight is 309 g/mol. The minimum atomic E-state index is -0.443. The number of aryl methyl sites for hydroxylation is 1. The van der Waals surface area contributed by atoms with Gasteiger partial charge >= 0.3 is 0 Å². The van der Waals surface area contributed by atoms with E-state index >= 15 is 0 Å². The second-order valence-electron chi connectivity index (χ2n) is 5.24. The molecular weight excluding hydrogens is 290 g/mol. The van der Waals surface area contributed by atoms with Crippen LogP contribution in [0.4, 0.5) is 5.69 Å². The number of ether oxygens (including phenoxy) is 1. The minimum absolute atomic E-state index is 0.0570. The van der Waals surface area contributed by atoms with E-state index in [4.69, 9.17) is 4.74 Å². The third-order valence-electron chi connectivity index (χ3n) is 3.81. The van der Waals surface area contributed by atoms with Crippen LogP contribution in [0.5, 0.6) is 5.75 Å². The van der Waals surface area contributed by atoms with Crippen LogP contribution < -0.4 is 10.1 Å². The average Bonchev–Trinajstić information content (AvgIpc) is 2.79. The number of carbonyl (C=O) groups is 1. The van der Waals surface area contributed by atoms with Crippen molar-refractivity contribution in [2.45, 2.75) is 13.8 Å². The fraction of sp³-hybridized carbons (Fsp3) is 0.222. The van der Waals surface area contributed by atoms with Crippen LogP contribution in [0.25, 0.3) is 6.08 Å². The van der Waals surface area contributed by atoms with Gasteiger partial charge in [0.05, 0.1) is 7.11 Å². The molecule has 118 valence electrons. The lowest BCUT2D eigenvalue weighted by atomic mass is 10.1. The second-order valence-corrected chi connectivity index (χ2v) is 5.24. The Morgan fingerprint density at radius 2 is 2.09 bits per heavy atom. The Labute approximate surface area is 135 Å². The lowest BCUT2D eigenvalue weighted by molar-refractivity contribution is -0.112. The number of anilines is 1. The number of amides is 1. The maximum Gasteiger partial charge on any atom is 0.266 e. The molecule has 0 atom stereocenters. The van der Waals surface area contributed by atoms with Gasteiger partial charge in [-0.2, -0.15) is 5.26 Å². The van der Waals surface area contributed by atoms with Crippen molar-refractivity contribution in [1.29, 1.82) is 5.26 Å². The Balaban J connectivity index is 2.26. The highest BCUT2D eigenvalue weighted by atomic mass is 16.5. The van der Waals surface area contributed by atoms with Gasteiger partial charge in [-0.15, -0.1) is 0 Å². The Hall–Kier alpha value is -3.00. The first-order valence-electron chi connectivity index (χ1n) is 7.16. The molecule has 0 saturated heterocycles. The number of carbonyl (C=O) groups excluding carboxylic acids is 1. The third-order valence-corrected chi connectivity index (χ3v) is 3.81. The van der Waals surface area contributed by atoms with E-state index in [1.165, 1.54) is 0 Å². The van der Waals surface area contributed by atoms with E-state index < -0.39 is 5.91 Å². The number of hydrogen-bond donors (Lipinski definition) is 1. The Morgan fingerprint density at radius 1 is 1.35 bits per heavy atom. The lowest BCUT2D eigenvalue weighted by Gasteiger charge is -2.06. The summed E-state index contributed by atoms with van der Waals surface area (Å²) >= 11 is 0. The van der Waals surface area contributed by atoms with Crippen LogP contribution >= 0.6 is 0 Å². The number of aromatic nitrogens is 1. The molecule has 0 aliphatic carbocycles. The summed E-state index contributed by atoms with van der Waals surface area (Å²) < 4.78 is 7.13. The van der Waals surface area contributed by atoms with Gasteiger partial charge in [0.2, 0.25) is 0 Å². The first-order chi connectivity index (χ1) is 11.0. The van der Waals surface area contributed by atoms with Crippen LogP contribution in [0.15, 0.2) is 35.9 Å². The predicted molar refractivity (Wildman–Crippen MR) is 90.1 cm³/mol. The predicted octanol–water partition coefficient (Wildman–Crippen LogP) is 3.20. The fourth-order valence-corrected chi connectivity index (χ4v) is 2.23. The van der Waals surface area contributed by atoms with Gasteiger partial charge in [-0.05, 0) is 43.7 Å². The van der Waals surface area contributed by atoms with Crippen LogP contribution in [0, 0.1) is 25.2 Å². The van der Waals surface area contributed by atoms with E-state index in [1.54, 1.807) is 37.5 Å². The summed E-state index contributed by atoms with van der Waals surface area (Å²) in [5.74, 6) is 0.196. The summed E-state index contributed by atoms with van der Waals surface area (Å²) in [6.45, 7) is 3.93. The summed E-state index contributed by atoms with van der Waals surface area (Å²) in [5, 5.41) is 12.0. The van der Waals surface area contributed by atoms with Gasteiger partial charge in [0.15, 0.2) is 0 Å². The van der Waals surface area contributed by atoms with Crippen LogP contribution in [-0.4, -0.2) is 17.6 Å². The van der Waals surface area contributed by atoms with Crippen LogP contribution in [0.1, 0.15) is 17.0 Å². The Bertz CT molecular complexity index is 810. The van der Waals surface area contributed by atoms with Gasteiger partial charge in [-0.25, -0.2) is 0 Å². The number of hydrogen-bond acceptors (Lipinski definition) is 3. The summed E-state index contributed by atoms with van der Waals surface area (Å²) in [6.07, 6.45) is 1.61. The quantitative estimate of drug-likeness (QED) is 0.696. The van der Waals surface area contributed by atoms with Gasteiger partial charge in [0.1, 0.15) is 17.4 Å². The molecule has 2 aromatic rings. The zero-order valence-corrected chi connectivity index (χ0v) is 13.7. The second kappa shape index (κ2) is 6.84. The maximum absolute atomic E-state index is 12.3. The zero-order chi connectivity index (χ0) is 17.0. The minimum Gasteiger partial charge on any atom is -0.497 e. The standard InChI is InChI=1S/C18H19N3O2/c1-12-8-14(13(2)21(12)3)9-15(11-19)18(22)20-16-6-5-7-17(10-16)23-4/h5-10H,1-4H3,(H,20,22). The summed E-state index contributed by atoms with van der Waals surface area (Å²) in [5.41, 5.74) is 3.57. The van der Waals surface area contributed by atoms with Crippen molar-refractivity contribution in [2.24, 2.45) is 7.05 Å². The molecule has 2 rings (SSSR count). The van der Waals surface area contributed by atoms with Crippen LogP contribution in [0.3, 0.4) is 0 Å². The molecule has 0 unspecified atom stereocenters. The maximum atomic E-state index is 12.3. The third kappa shape index (κ3) is 3.61. The molecule has 0 saturated carbocycles. The van der Waals surface area contributed by atoms with Crippen LogP contribution in [-0.2, 0) is 11.8 Å². The molecule has 0 fully saturated rings. The van der Waals surface area contributed by atoms with Gasteiger partial charge in [0, 0.05) is 30.2 Å². The molecule has 5 nitrogen and oxygen atoms in total. The number of nitrogens with zero attached hydrogens (tertiary/aromatic N) is 2. The highest BCUT2D eigenvalue weighted by Crippen LogP contribution is 2.19. The normalized spacial score (nSPS) is 11.0. The molecule has 23 heavy (non-hydrogen) atoms. The van der Waals surface area contributed by atoms with Gasteiger partial charge in [-0.1, -0.05) is 6.07 Å². The van der Waals surface area contributed by atoms with E-state index in [1.807, 2.05) is 37.6 Å². The molecule has 1 aromatic heterocycles. The topological polar surface area (TPSA) is 67.0 Å². The molecule has 1 aromatic carbocycles. The van der Waals surface area contributed by atoms with E-state index in [-0.39, 0.29) is 5.57 Å². The molecule has 0 aliphatic heterocycles. The van der Waals surface area contributed by atoms with Crippen molar-refractivity contribution in [3.8, 4) is 11.8 Å². The van der Waals surface area contributed by atoms with Crippen molar-refractivity contribution in [1.82, 2.24) is 4.57 Å². The summed E-state index contributed by atoms with van der Waals surface area (Å²) in [7, 11) is 3.51. The van der Waals surface area contributed by atoms with E-state index in [0.717, 1.165) is 17.0 Å². The van der Waals surface area contributed by atoms with Crippen molar-refractivity contribution in [2.75, 3.05) is 12.4 Å². The molecule has 1 N–H and O–H groups in total. The van der Waals surface area contributed by atoms with Gasteiger partial charge in [-0.3, -0.25) is 4.79 Å². The Kier molecular flexibility index (Phi) is 4.87. The van der Waals surface area contributed by atoms with Crippen molar-refractivity contribution < 1.29 is 9.53 Å². The zero-order valence-electron chi connectivity index (χ0n) is 13.7. The van der Waals surface area contributed by atoms with Crippen molar-refractivity contribution in [3.05, 3.63) is 52.9 Å². The molecule has 0 radical (unpaired) electrons.